The number of hydrogen-bond donors (Lipinski definition) is 2. The summed E-state index contributed by atoms with van der Waals surface area (Å²) in [6, 6.07) is 11.2. The molecule has 2 aromatic rings. The van der Waals surface area contributed by atoms with Crippen molar-refractivity contribution in [3.05, 3.63) is 59.2 Å². The van der Waals surface area contributed by atoms with Crippen molar-refractivity contribution >= 4 is 29.7 Å². The van der Waals surface area contributed by atoms with Gasteiger partial charge >= 0.3 is 17.9 Å². The third-order valence-electron chi connectivity index (χ3n) is 3.26. The molecule has 0 saturated carbocycles. The van der Waals surface area contributed by atoms with Crippen LogP contribution in [0.5, 0.6) is 0 Å². The molecule has 0 fully saturated rings. The van der Waals surface area contributed by atoms with Crippen molar-refractivity contribution in [2.24, 2.45) is 0 Å². The molecule has 6 nitrogen and oxygen atoms in total. The van der Waals surface area contributed by atoms with Crippen LogP contribution in [0.3, 0.4) is 0 Å². The fourth-order valence-corrected chi connectivity index (χ4v) is 2.99. The van der Waals surface area contributed by atoms with E-state index >= 15 is 0 Å². The topological polar surface area (TPSA) is 101 Å². The minimum atomic E-state index is -1.03. The minimum absolute atomic E-state index is 0.188. The molecule has 0 amide bonds. The molecule has 0 spiro atoms. The smallest absolute Gasteiger partial charge is 0.338 e. The summed E-state index contributed by atoms with van der Waals surface area (Å²) in [5.74, 6) is -2.60. The van der Waals surface area contributed by atoms with Gasteiger partial charge in [-0.2, -0.15) is 0 Å². The average Bonchev–Trinajstić information content (AvgIpc) is 2.56. The molecular weight excluding hydrogens is 344 g/mol. The second-order valence-electron chi connectivity index (χ2n) is 5.04. The van der Waals surface area contributed by atoms with E-state index in [1.807, 2.05) is 0 Å². The summed E-state index contributed by atoms with van der Waals surface area (Å²) in [6.07, 6.45) is -0.271. The van der Waals surface area contributed by atoms with E-state index in [0.29, 0.717) is 5.56 Å². The van der Waals surface area contributed by atoms with E-state index in [1.165, 1.54) is 23.9 Å². The highest BCUT2D eigenvalue weighted by Gasteiger charge is 2.16. The number of benzene rings is 2. The summed E-state index contributed by atoms with van der Waals surface area (Å²) in [5.41, 5.74) is 0.793. The molecule has 130 valence electrons. The number of aliphatic carboxylic acids is 1. The van der Waals surface area contributed by atoms with Crippen molar-refractivity contribution in [1.29, 1.82) is 0 Å². The number of esters is 1. The summed E-state index contributed by atoms with van der Waals surface area (Å²) in [6.45, 7) is 1.87. The van der Waals surface area contributed by atoms with Crippen LogP contribution in [-0.4, -0.2) is 34.7 Å². The Morgan fingerprint density at radius 2 is 1.64 bits per heavy atom. The summed E-state index contributed by atoms with van der Waals surface area (Å²) >= 11 is 1.34. The zero-order valence-electron chi connectivity index (χ0n) is 13.4. The molecule has 0 saturated heterocycles. The molecule has 2 N–H and O–H groups in total. The van der Waals surface area contributed by atoms with Gasteiger partial charge in [0.15, 0.2) is 0 Å². The Morgan fingerprint density at radius 1 is 1.00 bits per heavy atom. The van der Waals surface area contributed by atoms with E-state index in [4.69, 9.17) is 14.9 Å². The van der Waals surface area contributed by atoms with Crippen LogP contribution in [0.25, 0.3) is 0 Å². The van der Waals surface area contributed by atoms with Crippen LogP contribution in [0, 0.1) is 0 Å². The highest BCUT2D eigenvalue weighted by Crippen LogP contribution is 2.30. The second-order valence-corrected chi connectivity index (χ2v) is 6.19. The number of carboxylic acids is 2. The van der Waals surface area contributed by atoms with E-state index < -0.39 is 17.9 Å². The quantitative estimate of drug-likeness (QED) is 0.730. The molecule has 0 atom stereocenters. The maximum atomic E-state index is 12.1. The first-order valence-corrected chi connectivity index (χ1v) is 8.25. The number of hydrogen-bond acceptors (Lipinski definition) is 5. The normalized spacial score (nSPS) is 10.3. The second kappa shape index (κ2) is 8.34. The first kappa shape index (κ1) is 18.5. The van der Waals surface area contributed by atoms with Gasteiger partial charge in [-0.05, 0) is 48.9 Å². The van der Waals surface area contributed by atoms with Crippen LogP contribution < -0.4 is 0 Å². The van der Waals surface area contributed by atoms with Crippen molar-refractivity contribution in [3.63, 3.8) is 0 Å². The molecule has 2 rings (SSSR count). The predicted octanol–water partition coefficient (Wildman–Crippen LogP) is 3.34. The van der Waals surface area contributed by atoms with Crippen LogP contribution in [0.1, 0.15) is 33.2 Å². The predicted molar refractivity (Wildman–Crippen MR) is 91.3 cm³/mol. The average molecular weight is 360 g/mol. The van der Waals surface area contributed by atoms with E-state index in [1.54, 1.807) is 37.3 Å². The van der Waals surface area contributed by atoms with E-state index in [0.717, 1.165) is 9.79 Å². The molecule has 0 aliphatic carbocycles. The molecular formula is C18H16O6S. The lowest BCUT2D eigenvalue weighted by Crippen LogP contribution is -2.11. The third kappa shape index (κ3) is 5.09. The number of aromatic carboxylic acids is 1. The zero-order chi connectivity index (χ0) is 18.4. The number of carbonyl (C=O) groups excluding carboxylic acids is 1. The van der Waals surface area contributed by atoms with Gasteiger partial charge in [0.2, 0.25) is 0 Å². The van der Waals surface area contributed by atoms with E-state index in [-0.39, 0.29) is 24.2 Å². The van der Waals surface area contributed by atoms with Gasteiger partial charge in [-0.1, -0.05) is 17.8 Å². The SMILES string of the molecule is CCOC(=O)c1cc(Sc2ccc(C(=O)O)cc2)ccc1CC(=O)O. The fraction of sp³-hybridized carbons (Fsp3) is 0.167. The van der Waals surface area contributed by atoms with Crippen molar-refractivity contribution in [2.75, 3.05) is 6.61 Å². The molecule has 0 bridgehead atoms. The largest absolute Gasteiger partial charge is 0.481 e. The summed E-state index contributed by atoms with van der Waals surface area (Å²) in [7, 11) is 0. The summed E-state index contributed by atoms with van der Waals surface area (Å²) in [4.78, 5) is 35.4. The summed E-state index contributed by atoms with van der Waals surface area (Å²) < 4.78 is 4.99. The lowest BCUT2D eigenvalue weighted by molar-refractivity contribution is -0.136. The lowest BCUT2D eigenvalue weighted by atomic mass is 10.0. The standard InChI is InChI=1S/C18H16O6S/c1-2-24-18(23)15-10-14(8-5-12(15)9-16(19)20)25-13-6-3-11(4-7-13)17(21)22/h3-8,10H,2,9H2,1H3,(H,19,20)(H,21,22). The molecule has 7 heteroatoms. The first-order chi connectivity index (χ1) is 11.9. The zero-order valence-corrected chi connectivity index (χ0v) is 14.2. The van der Waals surface area contributed by atoms with Crippen molar-refractivity contribution < 1.29 is 29.3 Å². The maximum absolute atomic E-state index is 12.1. The van der Waals surface area contributed by atoms with Crippen LogP contribution in [-0.2, 0) is 16.0 Å². The van der Waals surface area contributed by atoms with Crippen molar-refractivity contribution in [2.45, 2.75) is 23.1 Å². The third-order valence-corrected chi connectivity index (χ3v) is 4.25. The Bertz CT molecular complexity index is 798. The highest BCUT2D eigenvalue weighted by atomic mass is 32.2. The Hall–Kier alpha value is -2.80. The Labute approximate surface area is 148 Å². The summed E-state index contributed by atoms with van der Waals surface area (Å²) in [5, 5.41) is 17.9. The minimum Gasteiger partial charge on any atom is -0.481 e. The van der Waals surface area contributed by atoms with E-state index in [2.05, 4.69) is 0 Å². The fourth-order valence-electron chi connectivity index (χ4n) is 2.14. The Balaban J connectivity index is 2.28. The first-order valence-electron chi connectivity index (χ1n) is 7.43. The molecule has 25 heavy (non-hydrogen) atoms. The van der Waals surface area contributed by atoms with Gasteiger partial charge in [-0.15, -0.1) is 0 Å². The van der Waals surface area contributed by atoms with Gasteiger partial charge in [-0.25, -0.2) is 9.59 Å². The van der Waals surface area contributed by atoms with Gasteiger partial charge in [0.05, 0.1) is 24.2 Å². The number of ether oxygens (including phenoxy) is 1. The maximum Gasteiger partial charge on any atom is 0.338 e. The molecule has 0 heterocycles. The lowest BCUT2D eigenvalue weighted by Gasteiger charge is -2.10. The number of carbonyl (C=O) groups is 3. The Morgan fingerprint density at radius 3 is 2.20 bits per heavy atom. The van der Waals surface area contributed by atoms with Crippen molar-refractivity contribution in [3.8, 4) is 0 Å². The molecule has 0 radical (unpaired) electrons. The van der Waals surface area contributed by atoms with Gasteiger partial charge in [-0.3, -0.25) is 4.79 Å². The van der Waals surface area contributed by atoms with Gasteiger partial charge in [0, 0.05) is 9.79 Å². The molecule has 2 aromatic carbocycles. The van der Waals surface area contributed by atoms with Crippen LogP contribution in [0.2, 0.25) is 0 Å². The molecule has 0 unspecified atom stereocenters. The van der Waals surface area contributed by atoms with Gasteiger partial charge in [0.25, 0.3) is 0 Å². The van der Waals surface area contributed by atoms with E-state index in [9.17, 15) is 14.4 Å². The van der Waals surface area contributed by atoms with Gasteiger partial charge < -0.3 is 14.9 Å². The van der Waals surface area contributed by atoms with Crippen LogP contribution >= 0.6 is 11.8 Å². The molecule has 0 aliphatic rings. The van der Waals surface area contributed by atoms with Gasteiger partial charge in [0.1, 0.15) is 0 Å². The van der Waals surface area contributed by atoms with Crippen LogP contribution in [0.4, 0.5) is 0 Å². The van der Waals surface area contributed by atoms with Crippen molar-refractivity contribution in [1.82, 2.24) is 0 Å². The monoisotopic (exact) mass is 360 g/mol. The van der Waals surface area contributed by atoms with Crippen LogP contribution in [0.15, 0.2) is 52.3 Å². The number of rotatable bonds is 7. The Kier molecular flexibility index (Phi) is 6.19. The molecule has 0 aliphatic heterocycles. The highest BCUT2D eigenvalue weighted by molar-refractivity contribution is 7.99. The number of carboxylic acid groups (broad SMARTS) is 2. The molecule has 0 aromatic heterocycles.